The summed E-state index contributed by atoms with van der Waals surface area (Å²) in [5.74, 6) is -8.43. The molecule has 0 amide bonds. The van der Waals surface area contributed by atoms with Gasteiger partial charge in [0.15, 0.2) is 17.4 Å². The Labute approximate surface area is 172 Å². The lowest BCUT2D eigenvalue weighted by atomic mass is 10.2. The third-order valence-electron chi connectivity index (χ3n) is 3.56. The molecule has 0 aliphatic rings. The van der Waals surface area contributed by atoms with Gasteiger partial charge in [-0.15, -0.1) is 0 Å². The van der Waals surface area contributed by atoms with Crippen molar-refractivity contribution in [1.29, 1.82) is 0 Å². The van der Waals surface area contributed by atoms with Gasteiger partial charge in [-0.2, -0.15) is 17.6 Å². The first-order valence-corrected chi connectivity index (χ1v) is 9.48. The molecule has 3 rings (SSSR count). The van der Waals surface area contributed by atoms with Crippen molar-refractivity contribution in [2.75, 3.05) is 16.2 Å². The Morgan fingerprint density at radius 1 is 1.10 bits per heavy atom. The Morgan fingerprint density at radius 3 is 2.52 bits per heavy atom. The van der Waals surface area contributed by atoms with E-state index in [1.807, 2.05) is 0 Å². The van der Waals surface area contributed by atoms with Crippen LogP contribution in [0.3, 0.4) is 0 Å². The molecule has 0 saturated carbocycles. The number of hydrogen-bond acceptors (Lipinski definition) is 6. The van der Waals surface area contributed by atoms with E-state index in [9.17, 15) is 30.6 Å². The quantitative estimate of drug-likeness (QED) is 0.424. The number of benzene rings is 1. The van der Waals surface area contributed by atoms with Crippen LogP contribution in [0, 0.1) is 17.5 Å². The van der Waals surface area contributed by atoms with Crippen LogP contribution in [0.1, 0.15) is 0 Å². The molecule has 1 unspecified atom stereocenters. The lowest BCUT2D eigenvalue weighted by Gasteiger charge is -2.14. The minimum atomic E-state index is -4.87. The molecule has 0 aliphatic heterocycles. The number of nitrogens with two attached hydrogens (primary N) is 1. The van der Waals surface area contributed by atoms with Crippen molar-refractivity contribution < 1.29 is 35.3 Å². The Morgan fingerprint density at radius 2 is 1.84 bits per heavy atom. The highest BCUT2D eigenvalue weighted by Crippen LogP contribution is 2.35. The Kier molecular flexibility index (Phi) is 6.29. The summed E-state index contributed by atoms with van der Waals surface area (Å²) < 4.78 is 97.8. The summed E-state index contributed by atoms with van der Waals surface area (Å²) >= 11 is 0. The van der Waals surface area contributed by atoms with Gasteiger partial charge in [-0.3, -0.25) is 4.72 Å². The third-order valence-corrected chi connectivity index (χ3v) is 4.59. The third kappa shape index (κ3) is 5.39. The van der Waals surface area contributed by atoms with E-state index < -0.39 is 51.8 Å². The molecule has 0 fully saturated rings. The van der Waals surface area contributed by atoms with E-state index in [1.54, 1.807) is 0 Å². The Balaban J connectivity index is 1.93. The number of hydrogen-bond donors (Lipinski definition) is 2. The molecule has 7 nitrogen and oxygen atoms in total. The monoisotopic (exact) mass is 463 g/mol. The first-order valence-electron chi connectivity index (χ1n) is 8.16. The molecular formula is C17H11F6N5O2S. The smallest absolute Gasteiger partial charge is 0.402 e. The molecule has 14 heteroatoms. The van der Waals surface area contributed by atoms with Gasteiger partial charge in [0.05, 0.1) is 11.3 Å². The molecule has 2 heterocycles. The van der Waals surface area contributed by atoms with E-state index in [0.29, 0.717) is 6.07 Å². The number of nitrogens with one attached hydrogen (secondary N) is 1. The molecule has 0 spiro atoms. The lowest BCUT2D eigenvalue weighted by Crippen LogP contribution is -2.23. The first-order chi connectivity index (χ1) is 14.5. The summed E-state index contributed by atoms with van der Waals surface area (Å²) in [4.78, 5) is 11.5. The van der Waals surface area contributed by atoms with Crippen LogP contribution in [0.25, 0.3) is 11.3 Å². The maximum atomic E-state index is 14.4. The number of nitrogen functional groups attached to an aromatic ring is 1. The highest BCUT2D eigenvalue weighted by Gasteiger charge is 2.32. The maximum absolute atomic E-state index is 14.4. The molecule has 0 saturated heterocycles. The van der Waals surface area contributed by atoms with Crippen LogP contribution in [0.15, 0.2) is 36.7 Å². The molecule has 0 radical (unpaired) electrons. The highest BCUT2D eigenvalue weighted by molar-refractivity contribution is 7.86. The van der Waals surface area contributed by atoms with Crippen LogP contribution in [-0.4, -0.2) is 31.1 Å². The van der Waals surface area contributed by atoms with Crippen LogP contribution in [-0.2, 0) is 11.0 Å². The van der Waals surface area contributed by atoms with Crippen LogP contribution >= 0.6 is 0 Å². The average molecular weight is 463 g/mol. The number of nitrogens with zero attached hydrogens (tertiary/aromatic N) is 3. The first kappa shape index (κ1) is 22.3. The van der Waals surface area contributed by atoms with E-state index in [0.717, 1.165) is 0 Å². The zero-order valence-electron chi connectivity index (χ0n) is 15.1. The Hall–Kier alpha value is -3.42. The van der Waals surface area contributed by atoms with Crippen molar-refractivity contribution in [3.63, 3.8) is 0 Å². The minimum Gasteiger partial charge on any atom is -0.435 e. The number of aromatic nitrogens is 3. The van der Waals surface area contributed by atoms with Crippen molar-refractivity contribution >= 4 is 22.6 Å². The van der Waals surface area contributed by atoms with Crippen LogP contribution in [0.4, 0.5) is 38.0 Å². The van der Waals surface area contributed by atoms with Gasteiger partial charge in [0.2, 0.25) is 17.6 Å². The minimum absolute atomic E-state index is 0.0853. The zero-order chi connectivity index (χ0) is 22.8. The molecule has 0 bridgehead atoms. The van der Waals surface area contributed by atoms with Crippen molar-refractivity contribution in [2.45, 2.75) is 6.18 Å². The molecule has 0 aliphatic carbocycles. The van der Waals surface area contributed by atoms with Gasteiger partial charge in [0.1, 0.15) is 22.4 Å². The molecule has 31 heavy (non-hydrogen) atoms. The molecule has 2 aromatic heterocycles. The normalized spacial score (nSPS) is 12.5. The van der Waals surface area contributed by atoms with Gasteiger partial charge in [0, 0.05) is 18.5 Å². The summed E-state index contributed by atoms with van der Waals surface area (Å²) in [6.45, 7) is 0. The number of pyridine rings is 1. The molecule has 1 aromatic carbocycles. The maximum Gasteiger partial charge on any atom is 0.402 e. The van der Waals surface area contributed by atoms with Gasteiger partial charge in [-0.25, -0.2) is 27.9 Å². The largest absolute Gasteiger partial charge is 0.435 e. The van der Waals surface area contributed by atoms with E-state index in [2.05, 4.69) is 15.0 Å². The topological polar surface area (TPSA) is 103 Å². The van der Waals surface area contributed by atoms with Gasteiger partial charge in [0.25, 0.3) is 0 Å². The summed E-state index contributed by atoms with van der Waals surface area (Å²) in [5.41, 5.74) is 4.58. The average Bonchev–Trinajstić information content (AvgIpc) is 2.68. The van der Waals surface area contributed by atoms with Gasteiger partial charge in [-0.1, -0.05) is 0 Å². The predicted molar refractivity (Wildman–Crippen MR) is 98.8 cm³/mol. The summed E-state index contributed by atoms with van der Waals surface area (Å²) in [6.07, 6.45) is -2.29. The van der Waals surface area contributed by atoms with E-state index >= 15 is 0 Å². The van der Waals surface area contributed by atoms with Crippen LogP contribution in [0.2, 0.25) is 0 Å². The second-order valence-electron chi connectivity index (χ2n) is 5.82. The molecule has 1 atom stereocenters. The fourth-order valence-electron chi connectivity index (χ4n) is 2.33. The summed E-state index contributed by atoms with van der Waals surface area (Å²) in [7, 11) is -2.95. The molecule has 3 N–H and O–H groups in total. The van der Waals surface area contributed by atoms with Crippen molar-refractivity contribution in [1.82, 2.24) is 15.0 Å². The number of alkyl halides is 3. The van der Waals surface area contributed by atoms with E-state index in [4.69, 9.17) is 10.5 Å². The fraction of sp³-hybridized carbons (Fsp3) is 0.118. The molecular weight excluding hydrogens is 452 g/mol. The number of ether oxygens (including phenoxy) is 1. The van der Waals surface area contributed by atoms with Gasteiger partial charge in [-0.05, 0) is 18.2 Å². The fourth-order valence-corrected chi connectivity index (χ4v) is 3.12. The van der Waals surface area contributed by atoms with Crippen LogP contribution < -0.4 is 15.2 Å². The van der Waals surface area contributed by atoms with Gasteiger partial charge < -0.3 is 10.5 Å². The van der Waals surface area contributed by atoms with Gasteiger partial charge >= 0.3 is 6.18 Å². The number of halogens is 6. The summed E-state index contributed by atoms with van der Waals surface area (Å²) in [5, 5.41) is 0. The standard InChI is InChI=1S/C17H11F6N5O2S/c18-9-6-11(12(19)13(20)14(9)28-31(29)7-17(21,22)23)30-15-8(2-1-4-25-15)10-3-5-26-16(24)27-10/h1-6,28H,7H2,(H2,24,26,27). The van der Waals surface area contributed by atoms with Crippen molar-refractivity contribution in [3.8, 4) is 22.9 Å². The van der Waals surface area contributed by atoms with E-state index in [-0.39, 0.29) is 23.1 Å². The second-order valence-corrected chi connectivity index (χ2v) is 7.01. The number of anilines is 2. The number of rotatable bonds is 6. The molecule has 3 aromatic rings. The van der Waals surface area contributed by atoms with Crippen molar-refractivity contribution in [3.05, 3.63) is 54.1 Å². The SMILES string of the molecule is Nc1nccc(-c2cccnc2Oc2cc(F)c(NS(=O)CC(F)(F)F)c(F)c2F)n1. The van der Waals surface area contributed by atoms with Crippen molar-refractivity contribution in [2.24, 2.45) is 0 Å². The van der Waals surface area contributed by atoms with E-state index in [1.165, 1.54) is 35.3 Å². The predicted octanol–water partition coefficient (Wildman–Crippen LogP) is 3.97. The Bertz CT molecular complexity index is 1140. The summed E-state index contributed by atoms with van der Waals surface area (Å²) in [6, 6.07) is 4.75. The second kappa shape index (κ2) is 8.75. The molecule has 164 valence electrons. The lowest BCUT2D eigenvalue weighted by molar-refractivity contribution is -0.105. The highest BCUT2D eigenvalue weighted by atomic mass is 32.2. The zero-order valence-corrected chi connectivity index (χ0v) is 15.9. The van der Waals surface area contributed by atoms with Crippen LogP contribution in [0.5, 0.6) is 11.6 Å².